The Hall–Kier alpha value is -2.05. The van der Waals surface area contributed by atoms with Crippen LogP contribution in [0, 0.1) is 6.92 Å². The summed E-state index contributed by atoms with van der Waals surface area (Å²) in [6, 6.07) is 1.76. The monoisotopic (exact) mass is 336 g/mol. The fourth-order valence-electron chi connectivity index (χ4n) is 3.08. The first kappa shape index (κ1) is 18.3. The second kappa shape index (κ2) is 6.83. The quantitative estimate of drug-likeness (QED) is 0.883. The lowest BCUT2D eigenvalue weighted by Gasteiger charge is -2.31. The van der Waals surface area contributed by atoms with Crippen molar-refractivity contribution in [1.82, 2.24) is 20.4 Å². The Balaban J connectivity index is 2.01. The minimum absolute atomic E-state index is 0.161. The molecule has 1 aromatic rings. The van der Waals surface area contributed by atoms with Crippen molar-refractivity contribution >= 4 is 12.0 Å². The Labute approximate surface area is 143 Å². The van der Waals surface area contributed by atoms with E-state index in [-0.39, 0.29) is 5.91 Å². The third-order valence-electron chi connectivity index (χ3n) is 4.14. The van der Waals surface area contributed by atoms with Gasteiger partial charge in [-0.05, 0) is 46.6 Å². The van der Waals surface area contributed by atoms with Gasteiger partial charge in [-0.25, -0.2) is 4.79 Å². The van der Waals surface area contributed by atoms with Crippen molar-refractivity contribution < 1.29 is 14.3 Å². The van der Waals surface area contributed by atoms with Crippen molar-refractivity contribution in [3.63, 3.8) is 0 Å². The smallest absolute Gasteiger partial charge is 0.407 e. The fourth-order valence-corrected chi connectivity index (χ4v) is 3.08. The van der Waals surface area contributed by atoms with Crippen molar-refractivity contribution in [3.8, 4) is 0 Å². The van der Waals surface area contributed by atoms with Crippen LogP contribution in [-0.4, -0.2) is 39.5 Å². The highest BCUT2D eigenvalue weighted by Crippen LogP contribution is 2.29. The number of rotatable bonds is 4. The van der Waals surface area contributed by atoms with Gasteiger partial charge in [-0.3, -0.25) is 9.48 Å². The molecule has 2 amide bonds. The summed E-state index contributed by atoms with van der Waals surface area (Å²) in [7, 11) is 1.75. The first-order chi connectivity index (χ1) is 11.1. The maximum Gasteiger partial charge on any atom is 0.407 e. The Morgan fingerprint density at radius 2 is 1.96 bits per heavy atom. The van der Waals surface area contributed by atoms with Gasteiger partial charge in [0.2, 0.25) is 0 Å². The van der Waals surface area contributed by atoms with E-state index in [0.29, 0.717) is 12.2 Å². The highest BCUT2D eigenvalue weighted by atomic mass is 16.6. The summed E-state index contributed by atoms with van der Waals surface area (Å²) >= 11 is 0. The fraction of sp³-hybridized carbons (Fsp3) is 0.706. The number of alkyl carbamates (subject to hydrolysis) is 1. The molecule has 134 valence electrons. The SMILES string of the molecule is Cc1cc(C(=O)NC2(CNC(=O)OC(C)(C)C)CCCC2)n(C)n1. The molecular formula is C17H28N4O3. The largest absolute Gasteiger partial charge is 0.444 e. The van der Waals surface area contributed by atoms with Crippen LogP contribution in [0.15, 0.2) is 6.07 Å². The lowest BCUT2D eigenvalue weighted by atomic mass is 9.97. The summed E-state index contributed by atoms with van der Waals surface area (Å²) in [5, 5.41) is 10.1. The van der Waals surface area contributed by atoms with Crippen molar-refractivity contribution in [2.75, 3.05) is 6.54 Å². The maximum atomic E-state index is 12.6. The van der Waals surface area contributed by atoms with Crippen molar-refractivity contribution in [2.45, 2.75) is 64.5 Å². The van der Waals surface area contributed by atoms with E-state index >= 15 is 0 Å². The number of amides is 2. The van der Waals surface area contributed by atoms with Crippen LogP contribution in [0.4, 0.5) is 4.79 Å². The van der Waals surface area contributed by atoms with Crippen LogP contribution in [0.3, 0.4) is 0 Å². The lowest BCUT2D eigenvalue weighted by molar-refractivity contribution is 0.0504. The zero-order valence-electron chi connectivity index (χ0n) is 15.2. The lowest BCUT2D eigenvalue weighted by Crippen LogP contribution is -2.54. The van der Waals surface area contributed by atoms with Crippen LogP contribution in [0.25, 0.3) is 0 Å². The molecule has 2 N–H and O–H groups in total. The molecule has 0 radical (unpaired) electrons. The van der Waals surface area contributed by atoms with Gasteiger partial charge in [-0.2, -0.15) is 5.10 Å². The highest BCUT2D eigenvalue weighted by Gasteiger charge is 2.36. The van der Waals surface area contributed by atoms with E-state index < -0.39 is 17.2 Å². The Morgan fingerprint density at radius 3 is 2.46 bits per heavy atom. The number of nitrogens with zero attached hydrogens (tertiary/aromatic N) is 2. The molecule has 0 aromatic carbocycles. The summed E-state index contributed by atoms with van der Waals surface area (Å²) in [6.07, 6.45) is 3.28. The van der Waals surface area contributed by atoms with E-state index in [9.17, 15) is 9.59 Å². The van der Waals surface area contributed by atoms with Gasteiger partial charge in [0, 0.05) is 13.6 Å². The number of ether oxygens (including phenoxy) is 1. The third-order valence-corrected chi connectivity index (χ3v) is 4.14. The average molecular weight is 336 g/mol. The van der Waals surface area contributed by atoms with E-state index in [2.05, 4.69) is 15.7 Å². The molecule has 24 heavy (non-hydrogen) atoms. The predicted octanol–water partition coefficient (Wildman–Crippen LogP) is 2.30. The van der Waals surface area contributed by atoms with Crippen LogP contribution in [0.2, 0.25) is 0 Å². The zero-order chi connectivity index (χ0) is 18.0. The number of hydrogen-bond donors (Lipinski definition) is 2. The Morgan fingerprint density at radius 1 is 1.33 bits per heavy atom. The zero-order valence-corrected chi connectivity index (χ0v) is 15.2. The van der Waals surface area contributed by atoms with Crippen molar-refractivity contribution in [1.29, 1.82) is 0 Å². The summed E-state index contributed by atoms with van der Waals surface area (Å²) < 4.78 is 6.86. The molecule has 1 aliphatic carbocycles. The molecule has 0 aliphatic heterocycles. The minimum atomic E-state index is -0.539. The summed E-state index contributed by atoms with van der Waals surface area (Å²) in [4.78, 5) is 24.5. The molecule has 0 unspecified atom stereocenters. The normalized spacial score (nSPS) is 16.7. The number of nitrogens with one attached hydrogen (secondary N) is 2. The maximum absolute atomic E-state index is 12.6. The molecule has 7 nitrogen and oxygen atoms in total. The molecule has 1 aromatic heterocycles. The summed E-state index contributed by atoms with van der Waals surface area (Å²) in [6.45, 7) is 7.69. The molecule has 0 saturated heterocycles. The predicted molar refractivity (Wildman–Crippen MR) is 90.8 cm³/mol. The number of hydrogen-bond acceptors (Lipinski definition) is 4. The number of carbonyl (C=O) groups excluding carboxylic acids is 2. The second-order valence-corrected chi connectivity index (χ2v) is 7.59. The van der Waals surface area contributed by atoms with E-state index in [1.807, 2.05) is 27.7 Å². The van der Waals surface area contributed by atoms with E-state index in [1.165, 1.54) is 0 Å². The van der Waals surface area contributed by atoms with Crippen LogP contribution >= 0.6 is 0 Å². The van der Waals surface area contributed by atoms with Crippen LogP contribution in [-0.2, 0) is 11.8 Å². The first-order valence-corrected chi connectivity index (χ1v) is 8.40. The van der Waals surface area contributed by atoms with Gasteiger partial charge in [-0.1, -0.05) is 12.8 Å². The van der Waals surface area contributed by atoms with Gasteiger partial charge < -0.3 is 15.4 Å². The molecule has 1 fully saturated rings. The number of carbonyl (C=O) groups is 2. The van der Waals surface area contributed by atoms with Gasteiger partial charge in [0.25, 0.3) is 5.91 Å². The Bertz CT molecular complexity index is 610. The topological polar surface area (TPSA) is 85.3 Å². The third kappa shape index (κ3) is 4.72. The van der Waals surface area contributed by atoms with Crippen LogP contribution in [0.5, 0.6) is 0 Å². The molecule has 0 spiro atoms. The van der Waals surface area contributed by atoms with Gasteiger partial charge in [-0.15, -0.1) is 0 Å². The molecule has 1 saturated carbocycles. The number of aromatic nitrogens is 2. The van der Waals surface area contributed by atoms with E-state index in [1.54, 1.807) is 17.8 Å². The van der Waals surface area contributed by atoms with E-state index in [0.717, 1.165) is 31.4 Å². The van der Waals surface area contributed by atoms with E-state index in [4.69, 9.17) is 4.74 Å². The second-order valence-electron chi connectivity index (χ2n) is 7.59. The van der Waals surface area contributed by atoms with Gasteiger partial charge in [0.15, 0.2) is 0 Å². The average Bonchev–Trinajstić information content (AvgIpc) is 3.02. The minimum Gasteiger partial charge on any atom is -0.444 e. The van der Waals surface area contributed by atoms with Gasteiger partial charge in [0.05, 0.1) is 11.2 Å². The Kier molecular flexibility index (Phi) is 5.20. The summed E-state index contributed by atoms with van der Waals surface area (Å²) in [5.74, 6) is -0.161. The molecular weight excluding hydrogens is 308 g/mol. The van der Waals surface area contributed by atoms with Crippen LogP contribution < -0.4 is 10.6 Å². The molecule has 2 rings (SSSR count). The molecule has 7 heteroatoms. The highest BCUT2D eigenvalue weighted by molar-refractivity contribution is 5.93. The van der Waals surface area contributed by atoms with Crippen LogP contribution in [0.1, 0.15) is 62.6 Å². The molecule has 1 aliphatic rings. The van der Waals surface area contributed by atoms with Crippen molar-refractivity contribution in [2.24, 2.45) is 7.05 Å². The summed E-state index contributed by atoms with van der Waals surface area (Å²) in [5.41, 5.74) is 0.361. The standard InChI is InChI=1S/C17H28N4O3/c1-12-10-13(21(5)20-12)14(22)19-17(8-6-7-9-17)11-18-15(23)24-16(2,3)4/h10H,6-9,11H2,1-5H3,(H,18,23)(H,19,22). The van der Waals surface area contributed by atoms with Crippen molar-refractivity contribution in [3.05, 3.63) is 17.5 Å². The molecule has 0 atom stereocenters. The molecule has 1 heterocycles. The first-order valence-electron chi connectivity index (χ1n) is 8.40. The molecule has 0 bridgehead atoms. The van der Waals surface area contributed by atoms with Gasteiger partial charge in [0.1, 0.15) is 11.3 Å². The van der Waals surface area contributed by atoms with Gasteiger partial charge >= 0.3 is 6.09 Å². The number of aryl methyl sites for hydroxylation is 2.